The lowest BCUT2D eigenvalue weighted by molar-refractivity contribution is 0.0897. The van der Waals surface area contributed by atoms with Crippen molar-refractivity contribution in [3.8, 4) is 0 Å². The molecule has 0 aromatic carbocycles. The van der Waals surface area contributed by atoms with Gasteiger partial charge < -0.3 is 14.7 Å². The fourth-order valence-corrected chi connectivity index (χ4v) is 4.92. The van der Waals surface area contributed by atoms with Crippen LogP contribution in [0.25, 0.3) is 0 Å². The van der Waals surface area contributed by atoms with Crippen molar-refractivity contribution in [3.63, 3.8) is 0 Å². The highest BCUT2D eigenvalue weighted by Crippen LogP contribution is 2.51. The lowest BCUT2D eigenvalue weighted by atomic mass is 9.91. The van der Waals surface area contributed by atoms with Gasteiger partial charge in [0, 0.05) is 39.3 Å². The first-order chi connectivity index (χ1) is 11.1. The van der Waals surface area contributed by atoms with Crippen molar-refractivity contribution in [2.45, 2.75) is 52.9 Å². The summed E-state index contributed by atoms with van der Waals surface area (Å²) in [7, 11) is 0. The lowest BCUT2D eigenvalue weighted by Crippen LogP contribution is -2.48. The van der Waals surface area contributed by atoms with Gasteiger partial charge >= 0.3 is 0 Å². The van der Waals surface area contributed by atoms with Gasteiger partial charge in [-0.1, -0.05) is 20.8 Å². The second kappa shape index (κ2) is 7.84. The summed E-state index contributed by atoms with van der Waals surface area (Å²) in [5.41, 5.74) is 0.720. The number of likely N-dealkylation sites (N-methyl/N-ethyl adjacent to an activating group) is 1. The summed E-state index contributed by atoms with van der Waals surface area (Å²) in [5.74, 6) is 1.83. The van der Waals surface area contributed by atoms with Gasteiger partial charge in [0.05, 0.1) is 0 Å². The van der Waals surface area contributed by atoms with E-state index in [-0.39, 0.29) is 0 Å². The molecule has 2 saturated heterocycles. The molecule has 134 valence electrons. The first kappa shape index (κ1) is 17.7. The van der Waals surface area contributed by atoms with Crippen LogP contribution in [0.3, 0.4) is 0 Å². The summed E-state index contributed by atoms with van der Waals surface area (Å²) < 4.78 is 0. The maximum absolute atomic E-state index is 2.79. The predicted molar refractivity (Wildman–Crippen MR) is 98.8 cm³/mol. The Bertz CT molecular complexity index is 348. The van der Waals surface area contributed by atoms with Gasteiger partial charge in [-0.2, -0.15) is 0 Å². The van der Waals surface area contributed by atoms with E-state index in [9.17, 15) is 0 Å². The zero-order valence-corrected chi connectivity index (χ0v) is 15.9. The molecule has 3 fully saturated rings. The van der Waals surface area contributed by atoms with E-state index < -0.39 is 0 Å². The van der Waals surface area contributed by atoms with E-state index >= 15 is 0 Å². The molecule has 23 heavy (non-hydrogen) atoms. The quantitative estimate of drug-likeness (QED) is 0.713. The molecule has 2 aliphatic heterocycles. The highest BCUT2D eigenvalue weighted by atomic mass is 15.3. The first-order valence-electron chi connectivity index (χ1n) is 10.3. The average Bonchev–Trinajstić information content (AvgIpc) is 3.28. The van der Waals surface area contributed by atoms with Crippen LogP contribution in [0.15, 0.2) is 0 Å². The van der Waals surface area contributed by atoms with Crippen LogP contribution in [0, 0.1) is 17.3 Å². The summed E-state index contributed by atoms with van der Waals surface area (Å²) in [6, 6.07) is 0. The fraction of sp³-hybridized carbons (Fsp3) is 1.00. The van der Waals surface area contributed by atoms with Crippen molar-refractivity contribution >= 4 is 0 Å². The Morgan fingerprint density at radius 2 is 1.48 bits per heavy atom. The molecule has 0 aromatic rings. The van der Waals surface area contributed by atoms with E-state index in [2.05, 4.69) is 35.5 Å². The molecule has 0 radical (unpaired) electrons. The third-order valence-corrected chi connectivity index (χ3v) is 6.49. The van der Waals surface area contributed by atoms with Gasteiger partial charge in [-0.15, -0.1) is 0 Å². The predicted octanol–water partition coefficient (Wildman–Crippen LogP) is 3.16. The molecular formula is C20H39N3. The molecule has 0 atom stereocenters. The average molecular weight is 322 g/mol. The Hall–Kier alpha value is -0.120. The second-order valence-corrected chi connectivity index (χ2v) is 9.05. The van der Waals surface area contributed by atoms with E-state index in [1.807, 2.05) is 0 Å². The van der Waals surface area contributed by atoms with Gasteiger partial charge in [0.1, 0.15) is 0 Å². The van der Waals surface area contributed by atoms with E-state index in [4.69, 9.17) is 0 Å². The summed E-state index contributed by atoms with van der Waals surface area (Å²) in [5, 5.41) is 0. The molecule has 1 saturated carbocycles. The highest BCUT2D eigenvalue weighted by Gasteiger charge is 2.44. The highest BCUT2D eigenvalue weighted by molar-refractivity contribution is 4.96. The Balaban J connectivity index is 1.34. The van der Waals surface area contributed by atoms with Crippen LogP contribution in [-0.2, 0) is 0 Å². The monoisotopic (exact) mass is 321 g/mol. The van der Waals surface area contributed by atoms with Gasteiger partial charge in [-0.25, -0.2) is 0 Å². The number of piperidine rings is 1. The van der Waals surface area contributed by atoms with E-state index in [1.54, 1.807) is 0 Å². The smallest absolute Gasteiger partial charge is 0.0110 e. The zero-order valence-electron chi connectivity index (χ0n) is 15.9. The van der Waals surface area contributed by atoms with Crippen LogP contribution in [0.5, 0.6) is 0 Å². The number of nitrogens with zero attached hydrogens (tertiary/aromatic N) is 3. The van der Waals surface area contributed by atoms with Gasteiger partial charge in [0.2, 0.25) is 0 Å². The number of hydrogen-bond acceptors (Lipinski definition) is 3. The number of rotatable bonds is 7. The van der Waals surface area contributed by atoms with Crippen LogP contribution >= 0.6 is 0 Å². The standard InChI is InChI=1S/C20H39N3/c1-4-21-11-13-22(14-12-21)16-19-5-9-23(10-6-19)17-20(7-8-20)15-18(2)3/h18-19H,4-17H2,1-3H3. The second-order valence-electron chi connectivity index (χ2n) is 9.05. The molecule has 3 heteroatoms. The molecule has 0 bridgehead atoms. The molecule has 2 heterocycles. The molecule has 1 aliphatic carbocycles. The van der Waals surface area contributed by atoms with Crippen molar-refractivity contribution in [1.29, 1.82) is 0 Å². The van der Waals surface area contributed by atoms with Crippen molar-refractivity contribution in [2.24, 2.45) is 17.3 Å². The molecule has 3 nitrogen and oxygen atoms in total. The van der Waals surface area contributed by atoms with Crippen molar-refractivity contribution in [2.75, 3.05) is 58.9 Å². The molecule has 0 N–H and O–H groups in total. The molecule has 3 aliphatic rings. The van der Waals surface area contributed by atoms with E-state index in [0.717, 1.165) is 17.3 Å². The Morgan fingerprint density at radius 1 is 0.870 bits per heavy atom. The summed E-state index contributed by atoms with van der Waals surface area (Å²) >= 11 is 0. The summed E-state index contributed by atoms with van der Waals surface area (Å²) in [6.45, 7) is 18.9. The molecule has 0 spiro atoms. The maximum atomic E-state index is 2.79. The van der Waals surface area contributed by atoms with Crippen LogP contribution in [0.1, 0.15) is 52.9 Å². The lowest BCUT2D eigenvalue weighted by Gasteiger charge is -2.39. The normalized spacial score (nSPS) is 27.7. The van der Waals surface area contributed by atoms with Crippen LogP contribution in [0.4, 0.5) is 0 Å². The first-order valence-corrected chi connectivity index (χ1v) is 10.3. The molecule has 3 rings (SSSR count). The third-order valence-electron chi connectivity index (χ3n) is 6.49. The van der Waals surface area contributed by atoms with Crippen LogP contribution in [-0.4, -0.2) is 73.6 Å². The largest absolute Gasteiger partial charge is 0.303 e. The Labute approximate surface area is 144 Å². The van der Waals surface area contributed by atoms with Crippen molar-refractivity contribution < 1.29 is 0 Å². The van der Waals surface area contributed by atoms with Crippen LogP contribution < -0.4 is 0 Å². The number of piperazine rings is 1. The molecule has 0 aromatic heterocycles. The van der Waals surface area contributed by atoms with Crippen molar-refractivity contribution in [3.05, 3.63) is 0 Å². The topological polar surface area (TPSA) is 9.72 Å². The van der Waals surface area contributed by atoms with Gasteiger partial charge in [-0.05, 0) is 69.0 Å². The van der Waals surface area contributed by atoms with Gasteiger partial charge in [-0.3, -0.25) is 0 Å². The Morgan fingerprint density at radius 3 is 2.00 bits per heavy atom. The SMILES string of the molecule is CCN1CCN(CC2CCN(CC3(CC(C)C)CC3)CC2)CC1. The molecule has 0 amide bonds. The molecule has 0 unspecified atom stereocenters. The maximum Gasteiger partial charge on any atom is 0.0110 e. The minimum Gasteiger partial charge on any atom is -0.303 e. The zero-order chi connectivity index (χ0) is 16.3. The van der Waals surface area contributed by atoms with E-state index in [1.165, 1.54) is 91.0 Å². The Kier molecular flexibility index (Phi) is 6.03. The summed E-state index contributed by atoms with van der Waals surface area (Å²) in [6.07, 6.45) is 7.31. The minimum absolute atomic E-state index is 0.720. The van der Waals surface area contributed by atoms with Crippen LogP contribution in [0.2, 0.25) is 0 Å². The number of hydrogen-bond donors (Lipinski definition) is 0. The minimum atomic E-state index is 0.720. The van der Waals surface area contributed by atoms with Gasteiger partial charge in [0.25, 0.3) is 0 Å². The summed E-state index contributed by atoms with van der Waals surface area (Å²) in [4.78, 5) is 8.11. The fourth-order valence-electron chi connectivity index (χ4n) is 4.92. The number of likely N-dealkylation sites (tertiary alicyclic amines) is 1. The van der Waals surface area contributed by atoms with E-state index in [0.29, 0.717) is 0 Å². The molecular weight excluding hydrogens is 282 g/mol. The van der Waals surface area contributed by atoms with Gasteiger partial charge in [0.15, 0.2) is 0 Å². The third kappa shape index (κ3) is 5.17. The van der Waals surface area contributed by atoms with Crippen molar-refractivity contribution in [1.82, 2.24) is 14.7 Å².